The Kier molecular flexibility index (Phi) is 7.13. The van der Waals surface area contributed by atoms with E-state index in [1.54, 1.807) is 26.5 Å². The van der Waals surface area contributed by atoms with Gasteiger partial charge in [-0.1, -0.05) is 13.8 Å². The van der Waals surface area contributed by atoms with Crippen LogP contribution >= 0.6 is 0 Å². The summed E-state index contributed by atoms with van der Waals surface area (Å²) in [6, 6.07) is 3.83. The molecule has 0 bridgehead atoms. The Morgan fingerprint density at radius 3 is 2.74 bits per heavy atom. The van der Waals surface area contributed by atoms with E-state index in [0.29, 0.717) is 41.7 Å². The van der Waals surface area contributed by atoms with Gasteiger partial charge in [-0.05, 0) is 30.0 Å². The lowest BCUT2D eigenvalue weighted by Crippen LogP contribution is -2.36. The second kappa shape index (κ2) is 9.80. The average Bonchev–Trinajstić information content (AvgIpc) is 2.79. The van der Waals surface area contributed by atoms with Gasteiger partial charge in [-0.15, -0.1) is 0 Å². The maximum Gasteiger partial charge on any atom is 0.268 e. The molecule has 1 aliphatic heterocycles. The lowest BCUT2D eigenvalue weighted by atomic mass is 9.89. The Hall–Kier alpha value is -3.11. The fraction of sp³-hybridized carbons (Fsp3) is 0.476. The van der Waals surface area contributed by atoms with Gasteiger partial charge in [0.2, 0.25) is 0 Å². The molecule has 5 N–H and O–H groups in total. The third-order valence-corrected chi connectivity index (χ3v) is 5.39. The number of ether oxygens (including phenoxy) is 3. The molecule has 0 unspecified atom stereocenters. The van der Waals surface area contributed by atoms with E-state index in [2.05, 4.69) is 24.4 Å². The Bertz CT molecular complexity index is 1020. The molecule has 1 aliphatic rings. The smallest absolute Gasteiger partial charge is 0.268 e. The molecule has 31 heavy (non-hydrogen) atoms. The zero-order chi connectivity index (χ0) is 22.5. The van der Waals surface area contributed by atoms with Gasteiger partial charge in [0.1, 0.15) is 0 Å². The molecule has 0 saturated carbocycles. The van der Waals surface area contributed by atoms with E-state index in [1.165, 1.54) is 0 Å². The number of nitrogens with zero attached hydrogens (tertiary/aromatic N) is 3. The zero-order valence-corrected chi connectivity index (χ0v) is 18.3. The van der Waals surface area contributed by atoms with Crippen LogP contribution in [0.3, 0.4) is 0 Å². The number of hydrogen-bond acceptors (Lipinski definition) is 8. The molecule has 168 valence electrons. The Labute approximate surface area is 181 Å². The third kappa shape index (κ3) is 4.49. The van der Waals surface area contributed by atoms with Gasteiger partial charge in [0.15, 0.2) is 5.75 Å². The monoisotopic (exact) mass is 430 g/mol. The quantitative estimate of drug-likeness (QED) is 0.247. The molecule has 3 rings (SSSR count). The topological polar surface area (TPSA) is 139 Å². The lowest BCUT2D eigenvalue weighted by Gasteiger charge is -2.33. The van der Waals surface area contributed by atoms with Crippen molar-refractivity contribution < 1.29 is 19.0 Å². The first-order valence-corrected chi connectivity index (χ1v) is 10.2. The van der Waals surface area contributed by atoms with Crippen molar-refractivity contribution in [3.8, 4) is 23.0 Å². The van der Waals surface area contributed by atoms with E-state index in [-0.39, 0.29) is 6.04 Å². The normalized spacial score (nSPS) is 15.4. The number of nitrogens with two attached hydrogens (primary N) is 2. The van der Waals surface area contributed by atoms with Gasteiger partial charge in [-0.3, -0.25) is 10.2 Å². The molecule has 0 radical (unpaired) electrons. The number of carbonyl (C=O) groups is 1. The minimum atomic E-state index is -0.460. The van der Waals surface area contributed by atoms with Gasteiger partial charge < -0.3 is 24.6 Å². The minimum absolute atomic E-state index is 0.0928. The summed E-state index contributed by atoms with van der Waals surface area (Å²) >= 11 is 0. The number of hydrogen-bond donors (Lipinski definition) is 3. The van der Waals surface area contributed by atoms with E-state index in [1.807, 2.05) is 10.6 Å². The molecule has 0 spiro atoms. The Morgan fingerprint density at radius 1 is 1.35 bits per heavy atom. The SMILES string of the molecule is COCCCOc1cc2c(nc1OC)-c1c/c(=N/N)c(C(=O)NN)cn1[C@H](C(C)C)C2. The van der Waals surface area contributed by atoms with Gasteiger partial charge >= 0.3 is 0 Å². The number of nitrogen functional groups attached to an aromatic ring is 1. The number of amides is 1. The summed E-state index contributed by atoms with van der Waals surface area (Å²) in [6.07, 6.45) is 3.22. The highest BCUT2D eigenvalue weighted by atomic mass is 16.5. The van der Waals surface area contributed by atoms with E-state index in [4.69, 9.17) is 30.9 Å². The van der Waals surface area contributed by atoms with Crippen molar-refractivity contribution in [3.05, 3.63) is 34.8 Å². The predicted molar refractivity (Wildman–Crippen MR) is 115 cm³/mol. The average molecular weight is 431 g/mol. The second-order valence-electron chi connectivity index (χ2n) is 7.68. The lowest BCUT2D eigenvalue weighted by molar-refractivity contribution is 0.0951. The summed E-state index contributed by atoms with van der Waals surface area (Å²) in [4.78, 5) is 17.0. The minimum Gasteiger partial charge on any atom is -0.488 e. The highest BCUT2D eigenvalue weighted by Gasteiger charge is 2.30. The summed E-state index contributed by atoms with van der Waals surface area (Å²) in [7, 11) is 3.21. The molecule has 2 aromatic rings. The van der Waals surface area contributed by atoms with Crippen LogP contribution in [0.5, 0.6) is 11.6 Å². The van der Waals surface area contributed by atoms with Crippen molar-refractivity contribution in [2.24, 2.45) is 22.7 Å². The first-order chi connectivity index (χ1) is 14.9. The summed E-state index contributed by atoms with van der Waals surface area (Å²) in [5.74, 6) is 11.7. The fourth-order valence-corrected chi connectivity index (χ4v) is 3.79. The Balaban J connectivity index is 2.15. The molecular formula is C21H30N6O4. The van der Waals surface area contributed by atoms with Crippen LogP contribution in [0.15, 0.2) is 23.4 Å². The van der Waals surface area contributed by atoms with Crippen LogP contribution in [0, 0.1) is 5.92 Å². The molecule has 0 saturated heterocycles. The van der Waals surface area contributed by atoms with Gasteiger partial charge in [-0.2, -0.15) is 5.10 Å². The highest BCUT2D eigenvalue weighted by molar-refractivity contribution is 5.93. The van der Waals surface area contributed by atoms with Crippen LogP contribution in [0.4, 0.5) is 0 Å². The van der Waals surface area contributed by atoms with E-state index < -0.39 is 5.91 Å². The number of carbonyl (C=O) groups excluding carboxylic acids is 1. The van der Waals surface area contributed by atoms with Crippen LogP contribution in [-0.2, 0) is 11.2 Å². The molecule has 1 atom stereocenters. The van der Waals surface area contributed by atoms with Gasteiger partial charge in [0.25, 0.3) is 11.8 Å². The van der Waals surface area contributed by atoms with Crippen LogP contribution in [0.2, 0.25) is 0 Å². The summed E-state index contributed by atoms with van der Waals surface area (Å²) in [5, 5.41) is 4.11. The number of aromatic nitrogens is 2. The maximum absolute atomic E-state index is 12.3. The van der Waals surface area contributed by atoms with Gasteiger partial charge in [0, 0.05) is 32.4 Å². The Morgan fingerprint density at radius 2 is 2.13 bits per heavy atom. The number of hydrazine groups is 1. The molecule has 0 aliphatic carbocycles. The molecular weight excluding hydrogens is 400 g/mol. The van der Waals surface area contributed by atoms with Crippen LogP contribution < -0.4 is 31.9 Å². The van der Waals surface area contributed by atoms with E-state index in [0.717, 1.165) is 29.8 Å². The van der Waals surface area contributed by atoms with Crippen LogP contribution in [-0.4, -0.2) is 42.9 Å². The predicted octanol–water partition coefficient (Wildman–Crippen LogP) is 1.11. The summed E-state index contributed by atoms with van der Waals surface area (Å²) in [5.41, 5.74) is 5.01. The second-order valence-corrected chi connectivity index (χ2v) is 7.68. The van der Waals surface area contributed by atoms with E-state index in [9.17, 15) is 4.79 Å². The number of pyridine rings is 2. The summed E-state index contributed by atoms with van der Waals surface area (Å²) in [6.45, 7) is 5.38. The van der Waals surface area contributed by atoms with Crippen molar-refractivity contribution in [1.29, 1.82) is 0 Å². The number of rotatable bonds is 8. The van der Waals surface area contributed by atoms with Crippen LogP contribution in [0.1, 0.15) is 42.2 Å². The third-order valence-electron chi connectivity index (χ3n) is 5.39. The van der Waals surface area contributed by atoms with Crippen molar-refractivity contribution in [2.75, 3.05) is 27.4 Å². The standard InChI is InChI=1S/C21H30N6O4/c1-12(2)16-8-13-9-18(31-7-5-6-29-3)21(30-4)24-19(13)17-10-15(25-22)14(11-27(16)17)20(28)26-23/h9-12,16H,5-8,22-23H2,1-4H3,(H,26,28)/b25-15-/t16-/m0/s1. The first-order valence-electron chi connectivity index (χ1n) is 10.2. The van der Waals surface area contributed by atoms with Crippen molar-refractivity contribution >= 4 is 5.91 Å². The first kappa shape index (κ1) is 22.6. The maximum atomic E-state index is 12.3. The molecule has 10 nitrogen and oxygen atoms in total. The number of nitrogens with one attached hydrogen (secondary N) is 1. The molecule has 10 heteroatoms. The van der Waals surface area contributed by atoms with Crippen LogP contribution in [0.25, 0.3) is 11.4 Å². The largest absolute Gasteiger partial charge is 0.488 e. The molecule has 0 fully saturated rings. The van der Waals surface area contributed by atoms with Gasteiger partial charge in [-0.25, -0.2) is 10.8 Å². The number of methoxy groups -OCH3 is 2. The number of fused-ring (bicyclic) bond motifs is 3. The summed E-state index contributed by atoms with van der Waals surface area (Å²) < 4.78 is 18.5. The van der Waals surface area contributed by atoms with Crippen molar-refractivity contribution in [2.45, 2.75) is 32.7 Å². The molecule has 3 heterocycles. The van der Waals surface area contributed by atoms with Gasteiger partial charge in [0.05, 0.1) is 36.0 Å². The van der Waals surface area contributed by atoms with Crippen molar-refractivity contribution in [3.63, 3.8) is 0 Å². The molecule has 0 aromatic carbocycles. The highest BCUT2D eigenvalue weighted by Crippen LogP contribution is 2.40. The van der Waals surface area contributed by atoms with Crippen molar-refractivity contribution in [1.82, 2.24) is 15.0 Å². The molecule has 1 amide bonds. The molecule has 2 aromatic heterocycles. The zero-order valence-electron chi connectivity index (χ0n) is 18.3. The van der Waals surface area contributed by atoms with E-state index >= 15 is 0 Å². The fourth-order valence-electron chi connectivity index (χ4n) is 3.79.